The van der Waals surface area contributed by atoms with Gasteiger partial charge < -0.3 is 9.47 Å². The van der Waals surface area contributed by atoms with Crippen LogP contribution in [0, 0.1) is 0 Å². The zero-order chi connectivity index (χ0) is 19.8. The summed E-state index contributed by atoms with van der Waals surface area (Å²) < 4.78 is 10.9. The van der Waals surface area contributed by atoms with Crippen molar-refractivity contribution in [3.63, 3.8) is 0 Å². The zero-order valence-corrected chi connectivity index (χ0v) is 17.3. The van der Waals surface area contributed by atoms with Crippen molar-refractivity contribution in [3.8, 4) is 11.5 Å². The normalized spacial score (nSPS) is 15.8. The highest BCUT2D eigenvalue weighted by molar-refractivity contribution is 8.27. The summed E-state index contributed by atoms with van der Waals surface area (Å²) in [4.78, 5) is 9.79. The summed E-state index contributed by atoms with van der Waals surface area (Å²) in [6.07, 6.45) is -0.387. The Bertz CT molecular complexity index is 1070. The molecule has 0 radical (unpaired) electrons. The molecular weight excluding hydrogens is 427 g/mol. The highest BCUT2D eigenvalue weighted by Gasteiger charge is 2.24. The summed E-state index contributed by atoms with van der Waals surface area (Å²) in [5, 5.41) is 3.14. The van der Waals surface area contributed by atoms with E-state index >= 15 is 0 Å². The van der Waals surface area contributed by atoms with E-state index in [1.54, 1.807) is 0 Å². The number of hydrogen-bond acceptors (Lipinski definition) is 5. The Morgan fingerprint density at radius 2 is 1.28 bits per heavy atom. The van der Waals surface area contributed by atoms with Crippen LogP contribution in [0.3, 0.4) is 0 Å². The molecule has 0 fully saturated rings. The van der Waals surface area contributed by atoms with Gasteiger partial charge in [-0.25, -0.2) is 9.98 Å². The molecule has 5 rings (SSSR count). The van der Waals surface area contributed by atoms with Gasteiger partial charge in [-0.05, 0) is 48.2 Å². The van der Waals surface area contributed by atoms with Crippen molar-refractivity contribution in [2.45, 2.75) is 6.17 Å². The number of aliphatic imine (C=N–C) groups is 2. The second-order valence-corrected chi connectivity index (χ2v) is 8.32. The first-order chi connectivity index (χ1) is 14.2. The fourth-order valence-electron chi connectivity index (χ4n) is 3.07. The van der Waals surface area contributed by atoms with E-state index in [1.165, 1.54) is 11.8 Å². The van der Waals surface area contributed by atoms with Crippen LogP contribution in [0.4, 0.5) is 0 Å². The third-order valence-corrected chi connectivity index (χ3v) is 6.12. The van der Waals surface area contributed by atoms with Crippen molar-refractivity contribution < 1.29 is 9.47 Å². The molecule has 0 atom stereocenters. The van der Waals surface area contributed by atoms with E-state index in [1.807, 2.05) is 66.7 Å². The maximum Gasteiger partial charge on any atom is 0.231 e. The van der Waals surface area contributed by atoms with Crippen molar-refractivity contribution in [2.75, 3.05) is 6.79 Å². The molecule has 0 saturated carbocycles. The Hall–Kier alpha value is -2.47. The van der Waals surface area contributed by atoms with Crippen LogP contribution < -0.4 is 9.47 Å². The fraction of sp³-hybridized carbons (Fsp3) is 0.0909. The van der Waals surface area contributed by atoms with Crippen LogP contribution in [0.15, 0.2) is 76.7 Å². The number of rotatable bonds is 3. The van der Waals surface area contributed by atoms with E-state index < -0.39 is 0 Å². The van der Waals surface area contributed by atoms with Gasteiger partial charge >= 0.3 is 0 Å². The summed E-state index contributed by atoms with van der Waals surface area (Å²) in [7, 11) is 0. The number of nitrogens with zero attached hydrogens (tertiary/aromatic N) is 2. The van der Waals surface area contributed by atoms with Gasteiger partial charge in [-0.3, -0.25) is 0 Å². The molecule has 2 heterocycles. The average Bonchev–Trinajstić information content (AvgIpc) is 3.22. The number of benzene rings is 3. The van der Waals surface area contributed by atoms with Gasteiger partial charge in [0.15, 0.2) is 17.7 Å². The number of hydrogen-bond donors (Lipinski definition) is 0. The molecule has 0 bridgehead atoms. The maximum atomic E-state index is 6.06. The van der Waals surface area contributed by atoms with E-state index in [0.717, 1.165) is 32.5 Å². The first-order valence-corrected chi connectivity index (χ1v) is 10.5. The summed E-state index contributed by atoms with van der Waals surface area (Å²) in [6.45, 7) is 0.234. The van der Waals surface area contributed by atoms with Crippen LogP contribution in [0.1, 0.15) is 22.9 Å². The number of halogens is 2. The van der Waals surface area contributed by atoms with E-state index in [0.29, 0.717) is 15.8 Å². The van der Waals surface area contributed by atoms with Crippen LogP contribution >= 0.6 is 35.0 Å². The van der Waals surface area contributed by atoms with Gasteiger partial charge in [0.1, 0.15) is 10.1 Å². The van der Waals surface area contributed by atoms with Gasteiger partial charge in [-0.2, -0.15) is 0 Å². The fourth-order valence-corrected chi connectivity index (χ4v) is 4.32. The van der Waals surface area contributed by atoms with Crippen LogP contribution in [-0.4, -0.2) is 16.9 Å². The highest BCUT2D eigenvalue weighted by atomic mass is 35.5. The molecule has 2 aliphatic rings. The van der Waals surface area contributed by atoms with Crippen molar-refractivity contribution in [1.82, 2.24) is 0 Å². The SMILES string of the molecule is Clc1ccc(C2=NC(c3ccc4c(c3)OCO4)N=C(c3ccc(Cl)cc3)S2)cc1. The Kier molecular flexibility index (Phi) is 4.96. The molecular formula is C22H14Cl2N2O2S. The van der Waals surface area contributed by atoms with Crippen molar-refractivity contribution in [1.29, 1.82) is 0 Å². The second kappa shape index (κ2) is 7.75. The predicted octanol–water partition coefficient (Wildman–Crippen LogP) is 6.36. The molecule has 3 aromatic rings. The minimum Gasteiger partial charge on any atom is -0.454 e. The van der Waals surface area contributed by atoms with Crippen LogP contribution in [-0.2, 0) is 0 Å². The molecule has 144 valence electrons. The lowest BCUT2D eigenvalue weighted by Gasteiger charge is -2.20. The topological polar surface area (TPSA) is 43.2 Å². The molecule has 7 heteroatoms. The quantitative estimate of drug-likeness (QED) is 0.475. The van der Waals surface area contributed by atoms with Gasteiger partial charge in [-0.15, -0.1) is 0 Å². The Balaban J connectivity index is 1.57. The summed E-state index contributed by atoms with van der Waals surface area (Å²) >= 11 is 13.7. The number of fused-ring (bicyclic) bond motifs is 1. The largest absolute Gasteiger partial charge is 0.454 e. The van der Waals surface area contributed by atoms with E-state index in [2.05, 4.69) is 0 Å². The van der Waals surface area contributed by atoms with Crippen LogP contribution in [0.2, 0.25) is 10.0 Å². The van der Waals surface area contributed by atoms with Gasteiger partial charge in [0, 0.05) is 26.7 Å². The summed E-state index contributed by atoms with van der Waals surface area (Å²) in [6, 6.07) is 21.1. The van der Waals surface area contributed by atoms with Gasteiger partial charge in [-0.1, -0.05) is 53.5 Å². The van der Waals surface area contributed by atoms with Crippen molar-refractivity contribution >= 4 is 45.1 Å². The van der Waals surface area contributed by atoms with E-state index in [9.17, 15) is 0 Å². The van der Waals surface area contributed by atoms with Crippen molar-refractivity contribution in [3.05, 3.63) is 93.5 Å². The van der Waals surface area contributed by atoms with Gasteiger partial charge in [0.25, 0.3) is 0 Å². The molecule has 4 nitrogen and oxygen atoms in total. The predicted molar refractivity (Wildman–Crippen MR) is 119 cm³/mol. The standard InChI is InChI=1S/C22H14Cl2N2O2S/c23-16-6-1-13(2-7-16)21-25-20(15-5-10-18-19(11-15)28-12-27-18)26-22(29-21)14-3-8-17(24)9-4-14/h1-11,20H,12H2. The molecule has 0 aliphatic carbocycles. The minimum absolute atomic E-state index is 0.234. The second-order valence-electron chi connectivity index (χ2n) is 6.47. The third-order valence-electron chi connectivity index (χ3n) is 4.55. The maximum absolute atomic E-state index is 6.06. The molecule has 2 aliphatic heterocycles. The average molecular weight is 441 g/mol. The molecule has 0 unspecified atom stereocenters. The number of thioether (sulfide) groups is 1. The first kappa shape index (κ1) is 18.6. The van der Waals surface area contributed by atoms with Crippen molar-refractivity contribution in [2.24, 2.45) is 9.98 Å². The Morgan fingerprint density at radius 1 is 0.724 bits per heavy atom. The Labute approximate surface area is 182 Å². The lowest BCUT2D eigenvalue weighted by Crippen LogP contribution is -2.12. The molecule has 0 spiro atoms. The monoisotopic (exact) mass is 440 g/mol. The third kappa shape index (κ3) is 3.86. The molecule has 3 aromatic carbocycles. The lowest BCUT2D eigenvalue weighted by molar-refractivity contribution is 0.174. The van der Waals surface area contributed by atoms with E-state index in [4.69, 9.17) is 42.7 Å². The van der Waals surface area contributed by atoms with E-state index in [-0.39, 0.29) is 13.0 Å². The molecule has 0 saturated heterocycles. The minimum atomic E-state index is -0.387. The van der Waals surface area contributed by atoms with Crippen LogP contribution in [0.25, 0.3) is 0 Å². The molecule has 0 aromatic heterocycles. The van der Waals surface area contributed by atoms with Gasteiger partial charge in [0.05, 0.1) is 0 Å². The van der Waals surface area contributed by atoms with Gasteiger partial charge in [0.2, 0.25) is 6.79 Å². The summed E-state index contributed by atoms with van der Waals surface area (Å²) in [5.41, 5.74) is 2.92. The summed E-state index contributed by atoms with van der Waals surface area (Å²) in [5.74, 6) is 1.45. The lowest BCUT2D eigenvalue weighted by atomic mass is 10.1. The Morgan fingerprint density at radius 3 is 1.86 bits per heavy atom. The smallest absolute Gasteiger partial charge is 0.231 e. The van der Waals surface area contributed by atoms with Crippen LogP contribution in [0.5, 0.6) is 11.5 Å². The highest BCUT2D eigenvalue weighted by Crippen LogP contribution is 2.38. The number of ether oxygens (including phenoxy) is 2. The molecule has 0 N–H and O–H groups in total. The first-order valence-electron chi connectivity index (χ1n) is 8.90. The zero-order valence-electron chi connectivity index (χ0n) is 15.0. The molecule has 29 heavy (non-hydrogen) atoms. The molecule has 0 amide bonds.